The summed E-state index contributed by atoms with van der Waals surface area (Å²) in [4.78, 5) is 7.31. The van der Waals surface area contributed by atoms with E-state index in [2.05, 4.69) is 14.7 Å². The zero-order valence-corrected chi connectivity index (χ0v) is 5.95. The van der Waals surface area contributed by atoms with E-state index in [-0.39, 0.29) is 6.01 Å². The van der Waals surface area contributed by atoms with E-state index in [9.17, 15) is 4.39 Å². The molecule has 0 spiro atoms. The van der Waals surface area contributed by atoms with Gasteiger partial charge in [-0.05, 0) is 0 Å². The third-order valence-electron chi connectivity index (χ3n) is 1.00. The minimum absolute atomic E-state index is 0.0214. The van der Waals surface area contributed by atoms with Crippen molar-refractivity contribution in [1.82, 2.24) is 9.97 Å². The molecule has 5 heteroatoms. The summed E-state index contributed by atoms with van der Waals surface area (Å²) >= 11 is 0. The van der Waals surface area contributed by atoms with Crippen LogP contribution in [0, 0.1) is 0 Å². The fourth-order valence-corrected chi connectivity index (χ4v) is 0.557. The Bertz CT molecular complexity index is 232. The fourth-order valence-electron chi connectivity index (χ4n) is 0.557. The molecule has 1 aromatic rings. The van der Waals surface area contributed by atoms with Crippen molar-refractivity contribution in [2.75, 3.05) is 14.0 Å². The molecule has 0 bridgehead atoms. The van der Waals surface area contributed by atoms with Crippen LogP contribution in [0.5, 0.6) is 11.9 Å². The van der Waals surface area contributed by atoms with Crippen molar-refractivity contribution in [3.63, 3.8) is 0 Å². The third kappa shape index (κ3) is 2.03. The first-order valence-electron chi connectivity index (χ1n) is 2.92. The van der Waals surface area contributed by atoms with Crippen molar-refractivity contribution in [3.8, 4) is 11.9 Å². The SMILES string of the molecule is COc1ccnc(OCF)n1. The van der Waals surface area contributed by atoms with Crippen LogP contribution in [-0.2, 0) is 0 Å². The lowest BCUT2D eigenvalue weighted by molar-refractivity contribution is 0.175. The van der Waals surface area contributed by atoms with E-state index < -0.39 is 6.86 Å². The van der Waals surface area contributed by atoms with Gasteiger partial charge < -0.3 is 9.47 Å². The molecule has 60 valence electrons. The number of rotatable bonds is 3. The number of aromatic nitrogens is 2. The van der Waals surface area contributed by atoms with Crippen LogP contribution in [0.2, 0.25) is 0 Å². The van der Waals surface area contributed by atoms with Gasteiger partial charge in [0.2, 0.25) is 12.7 Å². The van der Waals surface area contributed by atoms with Crippen LogP contribution < -0.4 is 9.47 Å². The number of ether oxygens (including phenoxy) is 2. The Morgan fingerprint density at radius 2 is 2.45 bits per heavy atom. The van der Waals surface area contributed by atoms with Gasteiger partial charge >= 0.3 is 6.01 Å². The van der Waals surface area contributed by atoms with E-state index >= 15 is 0 Å². The van der Waals surface area contributed by atoms with Crippen molar-refractivity contribution in [2.24, 2.45) is 0 Å². The highest BCUT2D eigenvalue weighted by Gasteiger charge is 1.97. The quantitative estimate of drug-likeness (QED) is 0.652. The predicted octanol–water partition coefficient (Wildman–Crippen LogP) is 0.791. The van der Waals surface area contributed by atoms with E-state index in [4.69, 9.17) is 4.74 Å². The second kappa shape index (κ2) is 3.70. The molecule has 4 nitrogen and oxygen atoms in total. The summed E-state index contributed by atoms with van der Waals surface area (Å²) < 4.78 is 20.7. The second-order valence-corrected chi connectivity index (χ2v) is 1.64. The van der Waals surface area contributed by atoms with Gasteiger partial charge in [-0.25, -0.2) is 9.37 Å². The molecule has 0 aliphatic carbocycles. The van der Waals surface area contributed by atoms with Crippen LogP contribution in [0.3, 0.4) is 0 Å². The van der Waals surface area contributed by atoms with Crippen molar-refractivity contribution in [2.45, 2.75) is 0 Å². The first-order valence-corrected chi connectivity index (χ1v) is 2.92. The lowest BCUT2D eigenvalue weighted by atomic mass is 10.6. The molecule has 0 saturated heterocycles. The Morgan fingerprint density at radius 3 is 3.09 bits per heavy atom. The summed E-state index contributed by atoms with van der Waals surface area (Å²) in [5.41, 5.74) is 0. The Balaban J connectivity index is 2.74. The van der Waals surface area contributed by atoms with Crippen LogP contribution in [0.25, 0.3) is 0 Å². The van der Waals surface area contributed by atoms with Crippen LogP contribution in [0.1, 0.15) is 0 Å². The van der Waals surface area contributed by atoms with Gasteiger partial charge in [0.15, 0.2) is 0 Å². The largest absolute Gasteiger partial charge is 0.481 e. The van der Waals surface area contributed by atoms with E-state index in [1.165, 1.54) is 13.3 Å². The maximum atomic E-state index is 11.6. The Kier molecular flexibility index (Phi) is 2.59. The minimum Gasteiger partial charge on any atom is -0.481 e. The first kappa shape index (κ1) is 7.71. The molecule has 0 radical (unpaired) electrons. The molecule has 0 aromatic carbocycles. The van der Waals surface area contributed by atoms with Gasteiger partial charge in [0.05, 0.1) is 7.11 Å². The molecular formula is C6H7FN2O2. The number of methoxy groups -OCH3 is 1. The Hall–Kier alpha value is -1.39. The third-order valence-corrected chi connectivity index (χ3v) is 1.00. The molecule has 0 aliphatic heterocycles. The molecule has 0 amide bonds. The van der Waals surface area contributed by atoms with Crippen molar-refractivity contribution >= 4 is 0 Å². The first-order chi connectivity index (χ1) is 5.36. The number of halogens is 1. The molecule has 1 aromatic heterocycles. The normalized spacial score (nSPS) is 9.27. The van der Waals surface area contributed by atoms with Crippen LogP contribution in [0.15, 0.2) is 12.3 Å². The predicted molar refractivity (Wildman–Crippen MR) is 35.2 cm³/mol. The molecule has 0 aliphatic rings. The summed E-state index contributed by atoms with van der Waals surface area (Å²) in [7, 11) is 1.46. The maximum Gasteiger partial charge on any atom is 0.322 e. The molecule has 0 unspecified atom stereocenters. The van der Waals surface area contributed by atoms with Gasteiger partial charge in [0.1, 0.15) is 0 Å². The standard InChI is InChI=1S/C6H7FN2O2/c1-10-5-2-3-8-6(9-5)11-4-7/h2-3H,4H2,1H3. The monoisotopic (exact) mass is 158 g/mol. The van der Waals surface area contributed by atoms with Crippen molar-refractivity contribution < 1.29 is 13.9 Å². The summed E-state index contributed by atoms with van der Waals surface area (Å²) in [6, 6.07) is 1.53. The van der Waals surface area contributed by atoms with Crippen LogP contribution in [-0.4, -0.2) is 23.9 Å². The highest BCUT2D eigenvalue weighted by atomic mass is 19.1. The lowest BCUT2D eigenvalue weighted by Gasteiger charge is -1.99. The molecule has 0 N–H and O–H groups in total. The molecule has 11 heavy (non-hydrogen) atoms. The fraction of sp³-hybridized carbons (Fsp3) is 0.333. The molecule has 0 saturated carbocycles. The molecular weight excluding hydrogens is 151 g/mol. The van der Waals surface area contributed by atoms with Crippen molar-refractivity contribution in [3.05, 3.63) is 12.3 Å². The van der Waals surface area contributed by atoms with Gasteiger partial charge in [-0.1, -0.05) is 0 Å². The van der Waals surface area contributed by atoms with Crippen molar-refractivity contribution in [1.29, 1.82) is 0 Å². The Labute approximate surface area is 63.0 Å². The summed E-state index contributed by atoms with van der Waals surface area (Å²) in [5.74, 6) is 0.350. The summed E-state index contributed by atoms with van der Waals surface area (Å²) in [6.07, 6.45) is 1.43. The van der Waals surface area contributed by atoms with E-state index in [1.54, 1.807) is 6.07 Å². The van der Waals surface area contributed by atoms with Gasteiger partial charge in [-0.15, -0.1) is 0 Å². The number of hydrogen-bond donors (Lipinski definition) is 0. The maximum absolute atomic E-state index is 11.6. The molecule has 0 atom stereocenters. The van der Waals surface area contributed by atoms with E-state index in [0.29, 0.717) is 5.88 Å². The van der Waals surface area contributed by atoms with Gasteiger partial charge in [0.25, 0.3) is 0 Å². The highest BCUT2D eigenvalue weighted by molar-refractivity contribution is 5.10. The van der Waals surface area contributed by atoms with Crippen LogP contribution >= 0.6 is 0 Å². The minimum atomic E-state index is -0.937. The second-order valence-electron chi connectivity index (χ2n) is 1.64. The van der Waals surface area contributed by atoms with Gasteiger partial charge in [-0.2, -0.15) is 4.98 Å². The topological polar surface area (TPSA) is 44.2 Å². The molecule has 0 fully saturated rings. The average Bonchev–Trinajstić information content (AvgIpc) is 2.06. The average molecular weight is 158 g/mol. The Morgan fingerprint density at radius 1 is 1.64 bits per heavy atom. The smallest absolute Gasteiger partial charge is 0.322 e. The molecule has 1 rings (SSSR count). The van der Waals surface area contributed by atoms with Gasteiger partial charge in [0, 0.05) is 12.3 Å². The number of alkyl halides is 1. The van der Waals surface area contributed by atoms with Gasteiger partial charge in [-0.3, -0.25) is 0 Å². The zero-order valence-electron chi connectivity index (χ0n) is 5.95. The number of hydrogen-bond acceptors (Lipinski definition) is 4. The summed E-state index contributed by atoms with van der Waals surface area (Å²) in [5, 5.41) is 0. The zero-order chi connectivity index (χ0) is 8.10. The van der Waals surface area contributed by atoms with E-state index in [0.717, 1.165) is 0 Å². The number of nitrogens with zero attached hydrogens (tertiary/aromatic N) is 2. The van der Waals surface area contributed by atoms with E-state index in [1.807, 2.05) is 0 Å². The highest BCUT2D eigenvalue weighted by Crippen LogP contribution is 2.08. The molecule has 1 heterocycles. The lowest BCUT2D eigenvalue weighted by Crippen LogP contribution is -1.97. The van der Waals surface area contributed by atoms with Crippen LogP contribution in [0.4, 0.5) is 4.39 Å². The summed E-state index contributed by atoms with van der Waals surface area (Å²) in [6.45, 7) is -0.937.